The van der Waals surface area contributed by atoms with Crippen LogP contribution in [0.3, 0.4) is 0 Å². The molecule has 0 bridgehead atoms. The van der Waals surface area contributed by atoms with Gasteiger partial charge in [0.25, 0.3) is 0 Å². The predicted octanol–water partition coefficient (Wildman–Crippen LogP) is 15.1. The summed E-state index contributed by atoms with van der Waals surface area (Å²) in [5.41, 5.74) is 8.53. The van der Waals surface area contributed by atoms with E-state index in [1.165, 1.54) is 0 Å². The number of rotatable bonds is 6. The normalized spacial score (nSPS) is 11.8. The number of halogens is 1. The van der Waals surface area contributed by atoms with Crippen molar-refractivity contribution in [3.05, 3.63) is 194 Å². The van der Waals surface area contributed by atoms with Crippen molar-refractivity contribution in [3.8, 4) is 0 Å². The molecule has 0 fully saturated rings. The average molecular weight is 733 g/mol. The van der Waals surface area contributed by atoms with Crippen LogP contribution in [0.4, 0.5) is 38.5 Å². The zero-order valence-corrected chi connectivity index (χ0v) is 30.3. The molecule has 0 amide bonds. The maximum absolute atomic E-state index is 15.2. The zero-order valence-electron chi connectivity index (χ0n) is 30.3. The lowest BCUT2D eigenvalue weighted by Gasteiger charge is -2.31. The summed E-state index contributed by atoms with van der Waals surface area (Å²) >= 11 is 0. The first-order valence-electron chi connectivity index (χ1n) is 18.9. The van der Waals surface area contributed by atoms with E-state index < -0.39 is 0 Å². The monoisotopic (exact) mass is 732 g/mol. The maximum atomic E-state index is 15.2. The smallest absolute Gasteiger partial charge is 0.159 e. The van der Waals surface area contributed by atoms with E-state index >= 15 is 4.39 Å². The lowest BCUT2D eigenvalue weighted by atomic mass is 9.91. The number of hydrogen-bond donors (Lipinski definition) is 0. The number of hydrogen-bond acceptors (Lipinski definition) is 4. The van der Waals surface area contributed by atoms with E-state index in [9.17, 15) is 0 Å². The van der Waals surface area contributed by atoms with Crippen LogP contribution in [0.5, 0.6) is 0 Å². The van der Waals surface area contributed by atoms with Crippen molar-refractivity contribution in [3.63, 3.8) is 0 Å². The van der Waals surface area contributed by atoms with Gasteiger partial charge in [0.05, 0.1) is 28.4 Å². The molecular weight excluding hydrogens is 704 g/mol. The van der Waals surface area contributed by atoms with E-state index in [0.29, 0.717) is 0 Å². The molecule has 57 heavy (non-hydrogen) atoms. The average Bonchev–Trinajstić information content (AvgIpc) is 3.84. The zero-order chi connectivity index (χ0) is 37.6. The molecule has 5 heteroatoms. The van der Waals surface area contributed by atoms with E-state index in [1.807, 2.05) is 66.7 Å². The summed E-state index contributed by atoms with van der Waals surface area (Å²) < 4.78 is 28.6. The van der Waals surface area contributed by atoms with Gasteiger partial charge in [-0.15, -0.1) is 0 Å². The van der Waals surface area contributed by atoms with Crippen LogP contribution < -0.4 is 9.80 Å². The molecule has 2 aromatic heterocycles. The van der Waals surface area contributed by atoms with Crippen LogP contribution in [0, 0.1) is 17.9 Å². The van der Waals surface area contributed by atoms with Gasteiger partial charge in [0.2, 0.25) is 0 Å². The molecule has 0 aliphatic rings. The summed E-state index contributed by atoms with van der Waals surface area (Å²) in [4.78, 5) is 4.52. The molecule has 0 saturated carbocycles. The first-order valence-corrected chi connectivity index (χ1v) is 18.9. The lowest BCUT2D eigenvalue weighted by molar-refractivity contribution is 0.631. The molecular formula is C52H29FN2O2. The molecule has 12 aromatic rings. The van der Waals surface area contributed by atoms with Crippen LogP contribution >= 0.6 is 0 Å². The standard InChI is InChI=1S/C52H29FN2O2/c53-34-29-32-25-27-41-45(54(35-13-3-1-4-14-35)43-21-11-19-39-37-17-7-9-23-47(37)56-51(39)43)31-46(42-28-26-33(30-34)49(32)50(41)42)55(36-15-5-2-6-16-36)44-22-12-20-40-38-18-8-10-24-48(38)57-52(40)44/h1-5,7-15,17-31H. The van der Waals surface area contributed by atoms with E-state index in [2.05, 4.69) is 119 Å². The van der Waals surface area contributed by atoms with Gasteiger partial charge in [-0.05, 0) is 89.0 Å². The van der Waals surface area contributed by atoms with Crippen LogP contribution in [0.1, 0.15) is 0 Å². The highest BCUT2D eigenvalue weighted by Crippen LogP contribution is 2.52. The highest BCUT2D eigenvalue weighted by molar-refractivity contribution is 6.29. The van der Waals surface area contributed by atoms with E-state index in [4.69, 9.17) is 8.83 Å². The number of nitrogens with zero attached hydrogens (tertiary/aromatic N) is 2. The molecule has 0 aliphatic carbocycles. The Labute approximate surface area is 326 Å². The van der Waals surface area contributed by atoms with Gasteiger partial charge < -0.3 is 13.7 Å². The van der Waals surface area contributed by atoms with Gasteiger partial charge in [-0.3, -0.25) is 4.90 Å². The molecule has 0 radical (unpaired) electrons. The predicted molar refractivity (Wildman–Crippen MR) is 232 cm³/mol. The third-order valence-electron chi connectivity index (χ3n) is 11.3. The Hall–Kier alpha value is -7.81. The molecule has 0 spiro atoms. The highest BCUT2D eigenvalue weighted by atomic mass is 19.1. The largest absolute Gasteiger partial charge is 0.454 e. The minimum atomic E-state index is -0.267. The van der Waals surface area contributed by atoms with Crippen molar-refractivity contribution < 1.29 is 13.2 Å². The van der Waals surface area contributed by atoms with Crippen LogP contribution in [0.15, 0.2) is 185 Å². The Kier molecular flexibility index (Phi) is 6.69. The van der Waals surface area contributed by atoms with Gasteiger partial charge in [0.1, 0.15) is 17.0 Å². The fourth-order valence-electron chi connectivity index (χ4n) is 8.88. The van der Waals surface area contributed by atoms with E-state index in [1.54, 1.807) is 12.1 Å². The van der Waals surface area contributed by atoms with Gasteiger partial charge in [-0.25, -0.2) is 4.39 Å². The Morgan fingerprint density at radius 3 is 1.60 bits per heavy atom. The molecule has 0 aliphatic heterocycles. The van der Waals surface area contributed by atoms with E-state index in [0.717, 1.165) is 110 Å². The number of anilines is 6. The van der Waals surface area contributed by atoms with Crippen molar-refractivity contribution in [1.82, 2.24) is 0 Å². The molecule has 266 valence electrons. The van der Waals surface area contributed by atoms with Crippen molar-refractivity contribution >= 4 is 110 Å². The van der Waals surface area contributed by atoms with Crippen molar-refractivity contribution in [2.75, 3.05) is 9.80 Å². The maximum Gasteiger partial charge on any atom is 0.159 e. The van der Waals surface area contributed by atoms with Gasteiger partial charge in [0, 0.05) is 43.4 Å². The van der Waals surface area contributed by atoms with Crippen LogP contribution in [0.25, 0.3) is 76.2 Å². The third-order valence-corrected chi connectivity index (χ3v) is 11.3. The van der Waals surface area contributed by atoms with Crippen molar-refractivity contribution in [2.45, 2.75) is 0 Å². The van der Waals surface area contributed by atoms with Gasteiger partial charge >= 0.3 is 0 Å². The van der Waals surface area contributed by atoms with Gasteiger partial charge in [0.15, 0.2) is 11.2 Å². The molecule has 0 saturated heterocycles. The minimum absolute atomic E-state index is 0.267. The summed E-state index contributed by atoms with van der Waals surface area (Å²) in [5, 5.41) is 9.86. The summed E-state index contributed by atoms with van der Waals surface area (Å²) in [6.45, 7) is 0. The van der Waals surface area contributed by atoms with Gasteiger partial charge in [-0.1, -0.05) is 115 Å². The molecule has 0 N–H and O–H groups in total. The summed E-state index contributed by atoms with van der Waals surface area (Å²) in [7, 11) is 0. The quantitative estimate of drug-likeness (QED) is 0.159. The lowest BCUT2D eigenvalue weighted by Crippen LogP contribution is -2.14. The molecule has 0 atom stereocenters. The number of benzene rings is 9. The SMILES string of the molecule is Fc1cc2ccc3c(N(c4c#cccc4)c4cccc5c4oc4ccccc45)cc(N(c4ccccc4)c4cccc5c4oc4ccccc45)c4ccc(c1)c2c34. The molecule has 4 nitrogen and oxygen atoms in total. The molecule has 0 unspecified atom stereocenters. The third kappa shape index (κ3) is 4.68. The Balaban J connectivity index is 1.25. The van der Waals surface area contributed by atoms with Crippen LogP contribution in [-0.4, -0.2) is 0 Å². The first kappa shape index (κ1) is 31.5. The topological polar surface area (TPSA) is 32.8 Å². The first-order chi connectivity index (χ1) is 28.2. The number of para-hydroxylation sites is 5. The second kappa shape index (κ2) is 12.1. The minimum Gasteiger partial charge on any atom is -0.454 e. The molecule has 12 rings (SSSR count). The van der Waals surface area contributed by atoms with Crippen LogP contribution in [0.2, 0.25) is 0 Å². The molecule has 10 aromatic carbocycles. The second-order valence-corrected chi connectivity index (χ2v) is 14.4. The fourth-order valence-corrected chi connectivity index (χ4v) is 8.88. The van der Waals surface area contributed by atoms with E-state index in [-0.39, 0.29) is 5.82 Å². The molecule has 2 heterocycles. The number of fused-ring (bicyclic) bond motifs is 6. The van der Waals surface area contributed by atoms with Crippen molar-refractivity contribution in [1.29, 1.82) is 0 Å². The van der Waals surface area contributed by atoms with Gasteiger partial charge in [-0.2, -0.15) is 0 Å². The Morgan fingerprint density at radius 1 is 0.421 bits per heavy atom. The fraction of sp³-hybridized carbons (Fsp3) is 0. The second-order valence-electron chi connectivity index (χ2n) is 14.4. The number of furan rings is 2. The summed E-state index contributed by atoms with van der Waals surface area (Å²) in [5.74, 6) is -0.267. The highest BCUT2D eigenvalue weighted by Gasteiger charge is 2.28. The Morgan fingerprint density at radius 2 is 0.982 bits per heavy atom. The van der Waals surface area contributed by atoms with Crippen molar-refractivity contribution in [2.24, 2.45) is 0 Å². The summed E-state index contributed by atoms with van der Waals surface area (Å²) in [6.07, 6.45) is 0. The summed E-state index contributed by atoms with van der Waals surface area (Å²) in [6, 6.07) is 65.7. The Bertz CT molecular complexity index is 3270. The van der Waals surface area contributed by atoms with Crippen LogP contribution in [-0.2, 0) is 0 Å².